The molecule has 0 bridgehead atoms. The summed E-state index contributed by atoms with van der Waals surface area (Å²) in [4.78, 5) is 37.9. The number of urea groups is 1. The SMILES string of the molecule is CC(C)CNC(=O)NC(=O)CN1CCC(C(=O)NCc2ccccc2)CC1. The van der Waals surface area contributed by atoms with Gasteiger partial charge in [0, 0.05) is 19.0 Å². The molecular weight excluding hydrogens is 344 g/mol. The predicted molar refractivity (Wildman–Crippen MR) is 104 cm³/mol. The Morgan fingerprint density at radius 1 is 1.07 bits per heavy atom. The maximum atomic E-state index is 12.3. The first kappa shape index (κ1) is 20.9. The number of hydrogen-bond acceptors (Lipinski definition) is 4. The van der Waals surface area contributed by atoms with E-state index in [-0.39, 0.29) is 24.3 Å². The number of rotatable bonds is 7. The molecule has 148 valence electrons. The molecule has 0 atom stereocenters. The Labute approximate surface area is 160 Å². The first-order chi connectivity index (χ1) is 12.9. The number of nitrogens with one attached hydrogen (secondary N) is 3. The highest BCUT2D eigenvalue weighted by molar-refractivity contribution is 5.95. The smallest absolute Gasteiger partial charge is 0.321 e. The zero-order chi connectivity index (χ0) is 19.6. The summed E-state index contributed by atoms with van der Waals surface area (Å²) in [6.45, 7) is 6.56. The van der Waals surface area contributed by atoms with Gasteiger partial charge in [-0.05, 0) is 37.4 Å². The fourth-order valence-corrected chi connectivity index (χ4v) is 2.99. The summed E-state index contributed by atoms with van der Waals surface area (Å²) in [5.41, 5.74) is 1.08. The third-order valence-electron chi connectivity index (χ3n) is 4.56. The van der Waals surface area contributed by atoms with E-state index in [1.54, 1.807) is 0 Å². The van der Waals surface area contributed by atoms with Crippen LogP contribution in [0, 0.1) is 11.8 Å². The van der Waals surface area contributed by atoms with Crippen molar-refractivity contribution < 1.29 is 14.4 Å². The molecule has 0 aliphatic carbocycles. The molecular formula is C20H30N4O3. The molecule has 1 fully saturated rings. The van der Waals surface area contributed by atoms with Crippen LogP contribution in [0.3, 0.4) is 0 Å². The summed E-state index contributed by atoms with van der Waals surface area (Å²) in [6, 6.07) is 9.37. The Hall–Kier alpha value is -2.41. The fourth-order valence-electron chi connectivity index (χ4n) is 2.99. The average molecular weight is 374 g/mol. The van der Waals surface area contributed by atoms with Gasteiger partial charge in [-0.1, -0.05) is 44.2 Å². The van der Waals surface area contributed by atoms with Gasteiger partial charge in [-0.25, -0.2) is 4.79 Å². The summed E-state index contributed by atoms with van der Waals surface area (Å²) >= 11 is 0. The number of nitrogens with zero attached hydrogens (tertiary/aromatic N) is 1. The van der Waals surface area contributed by atoms with Crippen LogP contribution < -0.4 is 16.0 Å². The lowest BCUT2D eigenvalue weighted by molar-refractivity contribution is -0.126. The van der Waals surface area contributed by atoms with Crippen LogP contribution in [0.5, 0.6) is 0 Å². The standard InChI is InChI=1S/C20H30N4O3/c1-15(2)12-22-20(27)23-18(25)14-24-10-8-17(9-11-24)19(26)21-13-16-6-4-3-5-7-16/h3-7,15,17H,8-14H2,1-2H3,(H,21,26)(H2,22,23,25,27). The number of carbonyl (C=O) groups is 3. The van der Waals surface area contributed by atoms with E-state index in [2.05, 4.69) is 16.0 Å². The summed E-state index contributed by atoms with van der Waals surface area (Å²) in [5, 5.41) is 7.99. The van der Waals surface area contributed by atoms with Crippen LogP contribution in [0.4, 0.5) is 4.79 Å². The van der Waals surface area contributed by atoms with Crippen molar-refractivity contribution in [2.75, 3.05) is 26.2 Å². The molecule has 1 heterocycles. The van der Waals surface area contributed by atoms with Crippen molar-refractivity contribution in [3.8, 4) is 0 Å². The lowest BCUT2D eigenvalue weighted by Crippen LogP contribution is -2.47. The minimum absolute atomic E-state index is 0.0256. The third-order valence-corrected chi connectivity index (χ3v) is 4.56. The molecule has 2 rings (SSSR count). The van der Waals surface area contributed by atoms with Crippen LogP contribution in [0.2, 0.25) is 0 Å². The van der Waals surface area contributed by atoms with Crippen molar-refractivity contribution >= 4 is 17.8 Å². The monoisotopic (exact) mass is 374 g/mol. The highest BCUT2D eigenvalue weighted by Gasteiger charge is 2.26. The number of benzene rings is 1. The van der Waals surface area contributed by atoms with Crippen LogP contribution in [0.25, 0.3) is 0 Å². The molecule has 1 aromatic carbocycles. The van der Waals surface area contributed by atoms with Crippen molar-refractivity contribution in [3.63, 3.8) is 0 Å². The van der Waals surface area contributed by atoms with Crippen molar-refractivity contribution in [2.24, 2.45) is 11.8 Å². The summed E-state index contributed by atoms with van der Waals surface area (Å²) in [6.07, 6.45) is 1.43. The number of carbonyl (C=O) groups excluding carboxylic acids is 3. The van der Waals surface area contributed by atoms with E-state index in [4.69, 9.17) is 0 Å². The van der Waals surface area contributed by atoms with E-state index in [1.807, 2.05) is 49.1 Å². The Balaban J connectivity index is 1.65. The van der Waals surface area contributed by atoms with Gasteiger partial charge in [0.1, 0.15) is 0 Å². The molecule has 1 aliphatic rings. The molecule has 3 N–H and O–H groups in total. The van der Waals surface area contributed by atoms with Crippen molar-refractivity contribution in [3.05, 3.63) is 35.9 Å². The van der Waals surface area contributed by atoms with Gasteiger partial charge in [-0.3, -0.25) is 19.8 Å². The van der Waals surface area contributed by atoms with Crippen LogP contribution in [-0.2, 0) is 16.1 Å². The van der Waals surface area contributed by atoms with Gasteiger partial charge in [0.25, 0.3) is 0 Å². The van der Waals surface area contributed by atoms with Gasteiger partial charge in [-0.15, -0.1) is 0 Å². The van der Waals surface area contributed by atoms with E-state index in [0.717, 1.165) is 5.56 Å². The number of imide groups is 1. The number of amides is 4. The molecule has 0 radical (unpaired) electrons. The Bertz CT molecular complexity index is 625. The topological polar surface area (TPSA) is 90.5 Å². The first-order valence-corrected chi connectivity index (χ1v) is 9.55. The molecule has 1 aliphatic heterocycles. The lowest BCUT2D eigenvalue weighted by atomic mass is 9.96. The molecule has 1 aromatic rings. The fraction of sp³-hybridized carbons (Fsp3) is 0.550. The average Bonchev–Trinajstić information content (AvgIpc) is 2.66. The van der Waals surface area contributed by atoms with Crippen LogP contribution in [-0.4, -0.2) is 48.9 Å². The van der Waals surface area contributed by atoms with Crippen molar-refractivity contribution in [2.45, 2.75) is 33.2 Å². The quantitative estimate of drug-likeness (QED) is 0.675. The zero-order valence-corrected chi connectivity index (χ0v) is 16.2. The van der Waals surface area contributed by atoms with Gasteiger partial charge >= 0.3 is 6.03 Å². The van der Waals surface area contributed by atoms with Crippen LogP contribution in [0.15, 0.2) is 30.3 Å². The van der Waals surface area contributed by atoms with Crippen molar-refractivity contribution in [1.82, 2.24) is 20.9 Å². The van der Waals surface area contributed by atoms with Gasteiger partial charge in [0.15, 0.2) is 0 Å². The highest BCUT2D eigenvalue weighted by Crippen LogP contribution is 2.17. The number of piperidine rings is 1. The van der Waals surface area contributed by atoms with E-state index in [9.17, 15) is 14.4 Å². The van der Waals surface area contributed by atoms with E-state index < -0.39 is 6.03 Å². The largest absolute Gasteiger partial charge is 0.352 e. The van der Waals surface area contributed by atoms with E-state index in [1.165, 1.54) is 0 Å². The summed E-state index contributed by atoms with van der Waals surface area (Å²) in [7, 11) is 0. The molecule has 0 unspecified atom stereocenters. The van der Waals surface area contributed by atoms with Gasteiger partial charge < -0.3 is 10.6 Å². The number of likely N-dealkylation sites (tertiary alicyclic amines) is 1. The van der Waals surface area contributed by atoms with Gasteiger partial charge in [0.05, 0.1) is 6.54 Å². The first-order valence-electron chi connectivity index (χ1n) is 9.55. The molecule has 7 nitrogen and oxygen atoms in total. The maximum absolute atomic E-state index is 12.3. The molecule has 7 heteroatoms. The van der Waals surface area contributed by atoms with Gasteiger partial charge in [-0.2, -0.15) is 0 Å². The minimum atomic E-state index is -0.455. The van der Waals surface area contributed by atoms with E-state index in [0.29, 0.717) is 44.9 Å². The summed E-state index contributed by atoms with van der Waals surface area (Å²) < 4.78 is 0. The third kappa shape index (κ3) is 7.78. The second-order valence-electron chi connectivity index (χ2n) is 7.41. The molecule has 0 saturated carbocycles. The second-order valence-corrected chi connectivity index (χ2v) is 7.41. The highest BCUT2D eigenvalue weighted by atomic mass is 16.2. The summed E-state index contributed by atoms with van der Waals surface area (Å²) in [5.74, 6) is 0.0551. The Morgan fingerprint density at radius 2 is 1.74 bits per heavy atom. The Kier molecular flexibility index (Phi) is 8.26. The molecule has 0 spiro atoms. The molecule has 1 saturated heterocycles. The second kappa shape index (κ2) is 10.7. The van der Waals surface area contributed by atoms with Crippen molar-refractivity contribution in [1.29, 1.82) is 0 Å². The van der Waals surface area contributed by atoms with Crippen LogP contribution in [0.1, 0.15) is 32.3 Å². The Morgan fingerprint density at radius 3 is 2.37 bits per heavy atom. The lowest BCUT2D eigenvalue weighted by Gasteiger charge is -2.30. The van der Waals surface area contributed by atoms with Gasteiger partial charge in [0.2, 0.25) is 11.8 Å². The molecule has 4 amide bonds. The van der Waals surface area contributed by atoms with E-state index >= 15 is 0 Å². The predicted octanol–water partition coefficient (Wildman–Crippen LogP) is 1.50. The number of hydrogen-bond donors (Lipinski definition) is 3. The zero-order valence-electron chi connectivity index (χ0n) is 16.2. The van der Waals surface area contributed by atoms with Crippen LogP contribution >= 0.6 is 0 Å². The molecule has 27 heavy (non-hydrogen) atoms. The maximum Gasteiger partial charge on any atom is 0.321 e. The normalized spacial score (nSPS) is 15.4. The molecule has 0 aromatic heterocycles. The minimum Gasteiger partial charge on any atom is -0.352 e.